The molecule has 0 spiro atoms. The largest absolute Gasteiger partial charge is 0.373 e. The molecule has 2 fully saturated rings. The zero-order valence-corrected chi connectivity index (χ0v) is 15.5. The van der Waals surface area contributed by atoms with E-state index in [1.165, 1.54) is 11.1 Å². The van der Waals surface area contributed by atoms with Crippen molar-refractivity contribution >= 4 is 5.91 Å². The van der Waals surface area contributed by atoms with E-state index in [0.717, 1.165) is 36.9 Å². The zero-order chi connectivity index (χ0) is 18.2. The number of hydrogen-bond acceptors (Lipinski definition) is 3. The molecule has 2 atom stereocenters. The van der Waals surface area contributed by atoms with Gasteiger partial charge in [-0.25, -0.2) is 0 Å². The van der Waals surface area contributed by atoms with E-state index in [1.807, 2.05) is 4.90 Å². The maximum absolute atomic E-state index is 13.7. The zero-order valence-electron chi connectivity index (χ0n) is 15.5. The molecule has 2 aromatic carbocycles. The summed E-state index contributed by atoms with van der Waals surface area (Å²) < 4.78 is 11.7. The fourth-order valence-electron chi connectivity index (χ4n) is 4.82. The first kappa shape index (κ1) is 17.0. The van der Waals surface area contributed by atoms with Crippen LogP contribution in [0.1, 0.15) is 34.6 Å². The third-order valence-electron chi connectivity index (χ3n) is 6.20. The van der Waals surface area contributed by atoms with Gasteiger partial charge in [-0.1, -0.05) is 48.5 Å². The summed E-state index contributed by atoms with van der Waals surface area (Å²) >= 11 is 0. The molecule has 2 heterocycles. The highest BCUT2D eigenvalue weighted by Crippen LogP contribution is 2.36. The molecule has 4 heteroatoms. The van der Waals surface area contributed by atoms with E-state index in [4.69, 9.17) is 9.47 Å². The van der Waals surface area contributed by atoms with Crippen LogP contribution in [-0.4, -0.2) is 49.3 Å². The van der Waals surface area contributed by atoms with Crippen molar-refractivity contribution in [1.29, 1.82) is 0 Å². The topological polar surface area (TPSA) is 38.8 Å². The highest BCUT2D eigenvalue weighted by atomic mass is 16.6. The van der Waals surface area contributed by atoms with Gasteiger partial charge >= 0.3 is 0 Å². The molecule has 4 nitrogen and oxygen atoms in total. The molecular weight excluding hydrogens is 338 g/mol. The average Bonchev–Trinajstić information content (AvgIpc) is 2.90. The molecule has 5 rings (SSSR count). The molecule has 2 saturated heterocycles. The Bertz CT molecular complexity index is 802. The Morgan fingerprint density at radius 2 is 1.44 bits per heavy atom. The van der Waals surface area contributed by atoms with Gasteiger partial charge < -0.3 is 14.4 Å². The van der Waals surface area contributed by atoms with Gasteiger partial charge in [0.25, 0.3) is 0 Å². The Labute approximate surface area is 160 Å². The van der Waals surface area contributed by atoms with Gasteiger partial charge in [0.05, 0.1) is 25.2 Å². The van der Waals surface area contributed by atoms with E-state index in [0.29, 0.717) is 19.8 Å². The van der Waals surface area contributed by atoms with Crippen molar-refractivity contribution in [2.24, 2.45) is 0 Å². The molecule has 140 valence electrons. The first-order chi connectivity index (χ1) is 13.3. The second-order valence-electron chi connectivity index (χ2n) is 7.72. The van der Waals surface area contributed by atoms with Crippen LogP contribution in [0.2, 0.25) is 0 Å². The van der Waals surface area contributed by atoms with Crippen LogP contribution in [0.5, 0.6) is 0 Å². The van der Waals surface area contributed by atoms with E-state index in [-0.39, 0.29) is 24.0 Å². The van der Waals surface area contributed by atoms with Crippen LogP contribution in [0.3, 0.4) is 0 Å². The molecule has 1 amide bonds. The summed E-state index contributed by atoms with van der Waals surface area (Å²) in [4.78, 5) is 15.7. The lowest BCUT2D eigenvalue weighted by atomic mass is 9.86. The minimum absolute atomic E-state index is 0.00714. The SMILES string of the molecule is O=C(C1c2ccccc2CCc2ccccc21)N1CCC2OCCOC2C1. The minimum atomic E-state index is -0.221. The van der Waals surface area contributed by atoms with Gasteiger partial charge in [-0.15, -0.1) is 0 Å². The van der Waals surface area contributed by atoms with Crippen LogP contribution in [0, 0.1) is 0 Å². The fourth-order valence-corrected chi connectivity index (χ4v) is 4.82. The number of fused-ring (bicyclic) bond motifs is 3. The van der Waals surface area contributed by atoms with E-state index in [2.05, 4.69) is 48.5 Å². The van der Waals surface area contributed by atoms with Gasteiger partial charge in [0.15, 0.2) is 0 Å². The summed E-state index contributed by atoms with van der Waals surface area (Å²) in [5, 5.41) is 0. The first-order valence-electron chi connectivity index (χ1n) is 9.99. The number of carbonyl (C=O) groups excluding carboxylic acids is 1. The fraction of sp³-hybridized carbons (Fsp3) is 0.435. The summed E-state index contributed by atoms with van der Waals surface area (Å²) in [5.41, 5.74) is 4.91. The van der Waals surface area contributed by atoms with E-state index in [1.54, 1.807) is 0 Å². The predicted molar refractivity (Wildman–Crippen MR) is 103 cm³/mol. The quantitative estimate of drug-likeness (QED) is 0.782. The smallest absolute Gasteiger partial charge is 0.234 e. The van der Waals surface area contributed by atoms with Crippen LogP contribution in [0.15, 0.2) is 48.5 Å². The summed E-state index contributed by atoms with van der Waals surface area (Å²) in [6.07, 6.45) is 2.97. The Balaban J connectivity index is 1.51. The highest BCUT2D eigenvalue weighted by molar-refractivity contribution is 5.88. The van der Waals surface area contributed by atoms with E-state index < -0.39 is 0 Å². The van der Waals surface area contributed by atoms with Gasteiger partial charge in [0.1, 0.15) is 6.10 Å². The van der Waals surface area contributed by atoms with Gasteiger partial charge in [-0.2, -0.15) is 0 Å². The molecule has 0 saturated carbocycles. The number of hydrogen-bond donors (Lipinski definition) is 0. The van der Waals surface area contributed by atoms with Crippen LogP contribution in [0.4, 0.5) is 0 Å². The predicted octanol–water partition coefficient (Wildman–Crippen LogP) is 2.93. The average molecular weight is 363 g/mol. The summed E-state index contributed by atoms with van der Waals surface area (Å²) in [6.45, 7) is 2.66. The highest BCUT2D eigenvalue weighted by Gasteiger charge is 2.39. The van der Waals surface area contributed by atoms with Crippen molar-refractivity contribution in [3.63, 3.8) is 0 Å². The third-order valence-corrected chi connectivity index (χ3v) is 6.20. The lowest BCUT2D eigenvalue weighted by Gasteiger charge is -2.41. The number of piperidine rings is 1. The molecule has 2 unspecified atom stereocenters. The number of nitrogens with zero attached hydrogens (tertiary/aromatic N) is 1. The van der Waals surface area contributed by atoms with Crippen molar-refractivity contribution in [2.45, 2.75) is 37.4 Å². The second-order valence-corrected chi connectivity index (χ2v) is 7.72. The monoisotopic (exact) mass is 363 g/mol. The van der Waals surface area contributed by atoms with Crippen LogP contribution >= 0.6 is 0 Å². The van der Waals surface area contributed by atoms with Crippen molar-refractivity contribution in [3.8, 4) is 0 Å². The van der Waals surface area contributed by atoms with Gasteiger partial charge in [-0.3, -0.25) is 4.79 Å². The molecule has 3 aliphatic rings. The third kappa shape index (κ3) is 3.07. The van der Waals surface area contributed by atoms with Crippen molar-refractivity contribution < 1.29 is 14.3 Å². The lowest BCUT2D eigenvalue weighted by Crippen LogP contribution is -2.54. The van der Waals surface area contributed by atoms with Crippen molar-refractivity contribution in [1.82, 2.24) is 4.90 Å². The van der Waals surface area contributed by atoms with Crippen molar-refractivity contribution in [3.05, 3.63) is 70.8 Å². The number of carbonyl (C=O) groups is 1. The molecule has 2 aliphatic heterocycles. The summed E-state index contributed by atoms with van der Waals surface area (Å²) in [5.74, 6) is -0.0228. The Kier molecular flexibility index (Phi) is 4.46. The number of amides is 1. The molecular formula is C23H25NO3. The minimum Gasteiger partial charge on any atom is -0.373 e. The van der Waals surface area contributed by atoms with E-state index in [9.17, 15) is 4.79 Å². The maximum atomic E-state index is 13.7. The standard InChI is InChI=1S/C23H25NO3/c25-23(24-12-11-20-21(15-24)27-14-13-26-20)22-18-7-3-1-5-16(18)9-10-17-6-2-4-8-19(17)22/h1-8,20-22H,9-15H2. The Hall–Kier alpha value is -2.17. The first-order valence-corrected chi connectivity index (χ1v) is 9.99. The Morgan fingerprint density at radius 3 is 2.11 bits per heavy atom. The molecule has 27 heavy (non-hydrogen) atoms. The maximum Gasteiger partial charge on any atom is 0.234 e. The number of benzene rings is 2. The molecule has 0 N–H and O–H groups in total. The second kappa shape index (κ2) is 7.10. The van der Waals surface area contributed by atoms with Crippen LogP contribution < -0.4 is 0 Å². The van der Waals surface area contributed by atoms with Gasteiger partial charge in [0, 0.05) is 13.1 Å². The molecule has 0 bridgehead atoms. The molecule has 0 radical (unpaired) electrons. The number of likely N-dealkylation sites (tertiary alicyclic amines) is 1. The molecule has 1 aliphatic carbocycles. The number of rotatable bonds is 1. The van der Waals surface area contributed by atoms with Gasteiger partial charge in [0.2, 0.25) is 5.91 Å². The van der Waals surface area contributed by atoms with Crippen LogP contribution in [0.25, 0.3) is 0 Å². The van der Waals surface area contributed by atoms with Crippen LogP contribution in [-0.2, 0) is 27.1 Å². The Morgan fingerprint density at radius 1 is 0.852 bits per heavy atom. The van der Waals surface area contributed by atoms with Gasteiger partial charge in [-0.05, 0) is 41.5 Å². The summed E-state index contributed by atoms with van der Waals surface area (Å²) in [6, 6.07) is 16.9. The number of aryl methyl sites for hydroxylation is 2. The molecule has 2 aromatic rings. The lowest BCUT2D eigenvalue weighted by molar-refractivity contribution is -0.172. The van der Waals surface area contributed by atoms with E-state index >= 15 is 0 Å². The summed E-state index contributed by atoms with van der Waals surface area (Å²) in [7, 11) is 0. The van der Waals surface area contributed by atoms with Crippen molar-refractivity contribution in [2.75, 3.05) is 26.3 Å². The number of ether oxygens (including phenoxy) is 2. The molecule has 0 aromatic heterocycles. The normalized spacial score (nSPS) is 25.1.